The van der Waals surface area contributed by atoms with Crippen LogP contribution in [0, 0.1) is 0 Å². The number of carbonyl (C=O) groups is 1. The van der Waals surface area contributed by atoms with Crippen LogP contribution in [-0.4, -0.2) is 60.8 Å². The first-order valence-corrected chi connectivity index (χ1v) is 6.93. The molecule has 3 aliphatic rings. The molecule has 2 unspecified atom stereocenters. The van der Waals surface area contributed by atoms with E-state index in [9.17, 15) is 9.90 Å². The summed E-state index contributed by atoms with van der Waals surface area (Å²) in [6.45, 7) is 2.62. The minimum absolute atomic E-state index is 0.0734. The highest BCUT2D eigenvalue weighted by atomic mass is 16.3. The van der Waals surface area contributed by atoms with Gasteiger partial charge in [0.1, 0.15) is 6.04 Å². The molecule has 5 nitrogen and oxygen atoms in total. The number of amides is 1. The van der Waals surface area contributed by atoms with Crippen LogP contribution < -0.4 is 10.6 Å². The van der Waals surface area contributed by atoms with Crippen molar-refractivity contribution in [3.8, 4) is 0 Å². The lowest BCUT2D eigenvalue weighted by Crippen LogP contribution is -2.64. The van der Waals surface area contributed by atoms with Crippen LogP contribution in [0.5, 0.6) is 0 Å². The van der Waals surface area contributed by atoms with Gasteiger partial charge in [-0.3, -0.25) is 4.79 Å². The van der Waals surface area contributed by atoms with E-state index in [1.54, 1.807) is 0 Å². The van der Waals surface area contributed by atoms with Crippen LogP contribution in [0.2, 0.25) is 0 Å². The quantitative estimate of drug-likeness (QED) is 0.622. The third-order valence-electron chi connectivity index (χ3n) is 4.23. The van der Waals surface area contributed by atoms with Crippen molar-refractivity contribution < 1.29 is 9.90 Å². The molecule has 1 amide bonds. The number of hydrogen-bond acceptors (Lipinski definition) is 4. The molecule has 2 aliphatic heterocycles. The van der Waals surface area contributed by atoms with Gasteiger partial charge in [-0.1, -0.05) is 17.7 Å². The Balaban J connectivity index is 1.58. The third kappa shape index (κ3) is 2.59. The number of hydrogen-bond donors (Lipinski definition) is 3. The minimum atomic E-state index is -0.536. The Labute approximate surface area is 113 Å². The molecule has 3 N–H and O–H groups in total. The first-order valence-electron chi connectivity index (χ1n) is 6.93. The fourth-order valence-electron chi connectivity index (χ4n) is 2.92. The maximum Gasteiger partial charge on any atom is 0.240 e. The van der Waals surface area contributed by atoms with Crippen molar-refractivity contribution in [3.05, 3.63) is 23.3 Å². The smallest absolute Gasteiger partial charge is 0.240 e. The number of β-amino-alcohol motifs (C(OH)–C–C–N with tert-alkyl or cyclic N) is 1. The minimum Gasteiger partial charge on any atom is -0.390 e. The second kappa shape index (κ2) is 5.07. The third-order valence-corrected chi connectivity index (χ3v) is 4.23. The molecule has 5 heteroatoms. The molecular formula is C14H21N3O2. The summed E-state index contributed by atoms with van der Waals surface area (Å²) in [6.07, 6.45) is 5.68. The average Bonchev–Trinajstić information content (AvgIpc) is 2.37. The van der Waals surface area contributed by atoms with E-state index in [1.807, 2.05) is 0 Å². The second-order valence-corrected chi connectivity index (χ2v) is 5.75. The van der Waals surface area contributed by atoms with Crippen molar-refractivity contribution >= 4 is 5.91 Å². The lowest BCUT2D eigenvalue weighted by Gasteiger charge is -2.35. The van der Waals surface area contributed by atoms with Crippen molar-refractivity contribution in [2.75, 3.05) is 26.7 Å². The Bertz CT molecular complexity index is 444. The summed E-state index contributed by atoms with van der Waals surface area (Å²) in [5.74, 6) is -0.0922. The number of aliphatic hydroxyl groups excluding tert-OH is 1. The molecule has 0 spiro atoms. The number of likely N-dealkylation sites (N-methyl/N-ethyl adjacent to an activating group) is 1. The van der Waals surface area contributed by atoms with E-state index in [0.717, 1.165) is 25.9 Å². The number of carbonyl (C=O) groups excluding carboxylic acids is 1. The summed E-state index contributed by atoms with van der Waals surface area (Å²) < 4.78 is 0. The van der Waals surface area contributed by atoms with E-state index in [-0.39, 0.29) is 11.9 Å². The van der Waals surface area contributed by atoms with Crippen LogP contribution in [0.1, 0.15) is 12.8 Å². The Morgan fingerprint density at radius 3 is 3.11 bits per heavy atom. The van der Waals surface area contributed by atoms with Gasteiger partial charge in [0, 0.05) is 19.6 Å². The summed E-state index contributed by atoms with van der Waals surface area (Å²) in [4.78, 5) is 14.2. The van der Waals surface area contributed by atoms with Crippen molar-refractivity contribution in [2.24, 2.45) is 0 Å². The number of nitrogens with one attached hydrogen (secondary N) is 2. The summed E-state index contributed by atoms with van der Waals surface area (Å²) in [7, 11) is 2.13. The predicted molar refractivity (Wildman–Crippen MR) is 72.6 cm³/mol. The van der Waals surface area contributed by atoms with Gasteiger partial charge in [0.05, 0.1) is 12.1 Å². The van der Waals surface area contributed by atoms with E-state index in [1.165, 1.54) is 11.1 Å². The summed E-state index contributed by atoms with van der Waals surface area (Å²) in [5.41, 5.74) is 2.87. The zero-order valence-corrected chi connectivity index (χ0v) is 11.2. The van der Waals surface area contributed by atoms with Gasteiger partial charge in [-0.15, -0.1) is 0 Å². The van der Waals surface area contributed by atoms with E-state index in [2.05, 4.69) is 34.7 Å². The predicted octanol–water partition coefficient (Wildman–Crippen LogP) is -0.604. The largest absolute Gasteiger partial charge is 0.390 e. The van der Waals surface area contributed by atoms with Crippen LogP contribution in [0.4, 0.5) is 0 Å². The highest BCUT2D eigenvalue weighted by Crippen LogP contribution is 2.26. The Kier molecular flexibility index (Phi) is 3.43. The van der Waals surface area contributed by atoms with Gasteiger partial charge >= 0.3 is 0 Å². The molecule has 3 rings (SSSR count). The van der Waals surface area contributed by atoms with Gasteiger partial charge in [-0.05, 0) is 25.5 Å². The fourth-order valence-corrected chi connectivity index (χ4v) is 2.92. The SMILES string of the molecule is CN1CCC2=C(C=CC(NC(=O)C3NC[C@@H]3O)C2)C1. The van der Waals surface area contributed by atoms with Gasteiger partial charge < -0.3 is 20.6 Å². The average molecular weight is 263 g/mol. The lowest BCUT2D eigenvalue weighted by molar-refractivity contribution is -0.129. The van der Waals surface area contributed by atoms with Crippen LogP contribution in [0.3, 0.4) is 0 Å². The number of aliphatic hydroxyl groups is 1. The van der Waals surface area contributed by atoms with Gasteiger partial charge in [-0.2, -0.15) is 0 Å². The van der Waals surface area contributed by atoms with Crippen LogP contribution in [0.25, 0.3) is 0 Å². The maximum absolute atomic E-state index is 11.9. The molecule has 0 radical (unpaired) electrons. The standard InChI is InChI=1S/C14H21N3O2/c1-17-5-4-9-6-11(3-2-10(9)8-17)16-14(19)13-12(18)7-15-13/h2-3,11-13,15,18H,4-8H2,1H3,(H,16,19)/t11?,12-,13?/m0/s1. The maximum atomic E-state index is 11.9. The molecule has 0 aromatic carbocycles. The van der Waals surface area contributed by atoms with Crippen molar-refractivity contribution in [1.29, 1.82) is 0 Å². The molecule has 3 atom stereocenters. The van der Waals surface area contributed by atoms with Crippen molar-refractivity contribution in [3.63, 3.8) is 0 Å². The molecule has 2 heterocycles. The highest BCUT2D eigenvalue weighted by Gasteiger charge is 2.35. The van der Waals surface area contributed by atoms with Gasteiger partial charge in [-0.25, -0.2) is 0 Å². The molecule has 0 saturated carbocycles. The van der Waals surface area contributed by atoms with Crippen molar-refractivity contribution in [2.45, 2.75) is 31.0 Å². The zero-order valence-electron chi connectivity index (χ0n) is 11.2. The molecule has 104 valence electrons. The Morgan fingerprint density at radius 2 is 2.42 bits per heavy atom. The second-order valence-electron chi connectivity index (χ2n) is 5.75. The molecule has 1 saturated heterocycles. The topological polar surface area (TPSA) is 64.6 Å². The highest BCUT2D eigenvalue weighted by molar-refractivity contribution is 5.84. The number of nitrogens with zero attached hydrogens (tertiary/aromatic N) is 1. The summed E-state index contributed by atoms with van der Waals surface area (Å²) >= 11 is 0. The first kappa shape index (κ1) is 12.8. The van der Waals surface area contributed by atoms with E-state index >= 15 is 0 Å². The van der Waals surface area contributed by atoms with Crippen LogP contribution in [-0.2, 0) is 4.79 Å². The van der Waals surface area contributed by atoms with E-state index in [0.29, 0.717) is 6.54 Å². The Morgan fingerprint density at radius 1 is 1.58 bits per heavy atom. The van der Waals surface area contributed by atoms with Gasteiger partial charge in [0.15, 0.2) is 0 Å². The Hall–Kier alpha value is -1.17. The lowest BCUT2D eigenvalue weighted by atomic mass is 9.89. The first-order chi connectivity index (χ1) is 9.13. The summed E-state index contributed by atoms with van der Waals surface area (Å²) in [6, 6.07) is -0.356. The normalized spacial score (nSPS) is 34.7. The summed E-state index contributed by atoms with van der Waals surface area (Å²) in [5, 5.41) is 15.4. The molecule has 1 fully saturated rings. The molecule has 1 aliphatic carbocycles. The van der Waals surface area contributed by atoms with E-state index < -0.39 is 12.1 Å². The van der Waals surface area contributed by atoms with Crippen molar-refractivity contribution in [1.82, 2.24) is 15.5 Å². The molecule has 0 aromatic rings. The van der Waals surface area contributed by atoms with Crippen LogP contribution >= 0.6 is 0 Å². The fraction of sp³-hybridized carbons (Fsp3) is 0.643. The zero-order chi connectivity index (χ0) is 13.4. The molecular weight excluding hydrogens is 242 g/mol. The van der Waals surface area contributed by atoms with Gasteiger partial charge in [0.25, 0.3) is 0 Å². The van der Waals surface area contributed by atoms with Gasteiger partial charge in [0.2, 0.25) is 5.91 Å². The number of rotatable bonds is 2. The monoisotopic (exact) mass is 263 g/mol. The molecule has 0 aromatic heterocycles. The molecule has 19 heavy (non-hydrogen) atoms. The molecule has 0 bridgehead atoms. The van der Waals surface area contributed by atoms with Crippen LogP contribution in [0.15, 0.2) is 23.3 Å². The van der Waals surface area contributed by atoms with E-state index in [4.69, 9.17) is 0 Å².